The van der Waals surface area contributed by atoms with Gasteiger partial charge in [-0.25, -0.2) is 0 Å². The van der Waals surface area contributed by atoms with Crippen molar-refractivity contribution in [3.63, 3.8) is 0 Å². The fourth-order valence-electron chi connectivity index (χ4n) is 1.16. The summed E-state index contributed by atoms with van der Waals surface area (Å²) in [6.07, 6.45) is 1.48. The molecule has 0 fully saturated rings. The molecule has 0 aliphatic carbocycles. The SMILES string of the molecule is Cc1ccc(N2C=C(N)N(O)O2)cc1Br. The van der Waals surface area contributed by atoms with Crippen LogP contribution >= 0.6 is 15.9 Å². The fraction of sp³-hybridized carbons (Fsp3) is 0.111. The summed E-state index contributed by atoms with van der Waals surface area (Å²) in [6.45, 7) is 1.99. The Balaban J connectivity index is 2.28. The third-order valence-corrected chi connectivity index (χ3v) is 2.90. The van der Waals surface area contributed by atoms with Crippen LogP contribution in [0, 0.1) is 6.92 Å². The molecule has 80 valence electrons. The van der Waals surface area contributed by atoms with Crippen molar-refractivity contribution in [2.75, 3.05) is 5.06 Å². The molecule has 0 unspecified atom stereocenters. The molecular formula is C9H10BrN3O2. The number of benzene rings is 1. The van der Waals surface area contributed by atoms with Gasteiger partial charge in [-0.05, 0) is 24.6 Å². The molecule has 0 amide bonds. The number of nitrogens with two attached hydrogens (primary N) is 1. The second-order valence-electron chi connectivity index (χ2n) is 3.17. The smallest absolute Gasteiger partial charge is 0.176 e. The van der Waals surface area contributed by atoms with Crippen LogP contribution in [-0.4, -0.2) is 10.4 Å². The standard InChI is InChI=1S/C9H10BrN3O2/c1-6-2-3-7(4-8(6)10)12-5-9(11)13(14)15-12/h2-5,14H,11H2,1H3. The van der Waals surface area contributed by atoms with Gasteiger partial charge in [0.05, 0.1) is 11.9 Å². The average Bonchev–Trinajstić information content (AvgIpc) is 2.52. The summed E-state index contributed by atoms with van der Waals surface area (Å²) in [5.74, 6) is 0.131. The zero-order valence-electron chi connectivity index (χ0n) is 8.01. The van der Waals surface area contributed by atoms with Crippen LogP contribution in [0.5, 0.6) is 0 Å². The Labute approximate surface area is 95.3 Å². The van der Waals surface area contributed by atoms with Gasteiger partial charge in [0.1, 0.15) is 0 Å². The second-order valence-corrected chi connectivity index (χ2v) is 4.02. The van der Waals surface area contributed by atoms with Crippen molar-refractivity contribution in [2.24, 2.45) is 5.73 Å². The van der Waals surface area contributed by atoms with Crippen molar-refractivity contribution in [1.29, 1.82) is 0 Å². The molecule has 6 heteroatoms. The summed E-state index contributed by atoms with van der Waals surface area (Å²) >= 11 is 3.41. The first kappa shape index (κ1) is 10.3. The van der Waals surface area contributed by atoms with Crippen LogP contribution in [0.2, 0.25) is 0 Å². The van der Waals surface area contributed by atoms with E-state index in [9.17, 15) is 0 Å². The Kier molecular flexibility index (Phi) is 2.56. The maximum atomic E-state index is 9.12. The molecule has 15 heavy (non-hydrogen) atoms. The first-order chi connectivity index (χ1) is 7.08. The maximum Gasteiger partial charge on any atom is 0.176 e. The molecule has 1 aliphatic heterocycles. The van der Waals surface area contributed by atoms with Crippen molar-refractivity contribution < 1.29 is 10.1 Å². The van der Waals surface area contributed by atoms with E-state index in [-0.39, 0.29) is 5.82 Å². The van der Waals surface area contributed by atoms with Gasteiger partial charge in [-0.15, -0.1) is 4.94 Å². The molecule has 0 radical (unpaired) electrons. The average molecular weight is 272 g/mol. The lowest BCUT2D eigenvalue weighted by Crippen LogP contribution is -2.22. The molecule has 0 aromatic heterocycles. The minimum absolute atomic E-state index is 0.131. The minimum Gasteiger partial charge on any atom is -0.380 e. The molecule has 3 N–H and O–H groups in total. The van der Waals surface area contributed by atoms with Crippen LogP contribution < -0.4 is 10.8 Å². The number of hydrogen-bond donors (Lipinski definition) is 2. The van der Waals surface area contributed by atoms with E-state index < -0.39 is 0 Å². The van der Waals surface area contributed by atoms with E-state index in [1.165, 1.54) is 11.3 Å². The van der Waals surface area contributed by atoms with Crippen molar-refractivity contribution >= 4 is 21.6 Å². The normalized spacial score (nSPS) is 15.8. The van der Waals surface area contributed by atoms with E-state index in [1.54, 1.807) is 0 Å². The zero-order chi connectivity index (χ0) is 11.0. The lowest BCUT2D eigenvalue weighted by molar-refractivity contribution is -0.304. The van der Waals surface area contributed by atoms with Crippen LogP contribution in [0.15, 0.2) is 34.7 Å². The van der Waals surface area contributed by atoms with Gasteiger partial charge in [-0.1, -0.05) is 27.2 Å². The molecule has 1 heterocycles. The molecule has 0 saturated carbocycles. The first-order valence-electron chi connectivity index (χ1n) is 4.27. The van der Waals surface area contributed by atoms with E-state index in [2.05, 4.69) is 15.9 Å². The van der Waals surface area contributed by atoms with Crippen molar-refractivity contribution in [1.82, 2.24) is 5.23 Å². The monoisotopic (exact) mass is 271 g/mol. The van der Waals surface area contributed by atoms with Gasteiger partial charge in [-0.2, -0.15) is 5.06 Å². The van der Waals surface area contributed by atoms with Crippen LogP contribution in [-0.2, 0) is 4.94 Å². The lowest BCUT2D eigenvalue weighted by Gasteiger charge is -2.15. The molecule has 1 aromatic carbocycles. The molecule has 0 atom stereocenters. The van der Waals surface area contributed by atoms with Gasteiger partial charge in [0.2, 0.25) is 0 Å². The first-order valence-corrected chi connectivity index (χ1v) is 5.07. The minimum atomic E-state index is 0.131. The summed E-state index contributed by atoms with van der Waals surface area (Å²) in [4.78, 5) is 4.94. The largest absolute Gasteiger partial charge is 0.380 e. The number of rotatable bonds is 1. The van der Waals surface area contributed by atoms with Crippen LogP contribution in [0.25, 0.3) is 0 Å². The third-order valence-electron chi connectivity index (χ3n) is 2.05. The van der Waals surface area contributed by atoms with Crippen molar-refractivity contribution in [2.45, 2.75) is 6.92 Å². The summed E-state index contributed by atoms with van der Waals surface area (Å²) in [7, 11) is 0. The number of anilines is 1. The highest BCUT2D eigenvalue weighted by atomic mass is 79.9. The van der Waals surface area contributed by atoms with Gasteiger partial charge in [0.15, 0.2) is 5.82 Å². The summed E-state index contributed by atoms with van der Waals surface area (Å²) < 4.78 is 0.965. The molecule has 2 rings (SSSR count). The number of nitrogens with zero attached hydrogens (tertiary/aromatic N) is 2. The molecule has 1 aromatic rings. The lowest BCUT2D eigenvalue weighted by atomic mass is 10.2. The topological polar surface area (TPSA) is 62.0 Å². The Morgan fingerprint density at radius 1 is 1.47 bits per heavy atom. The molecular weight excluding hydrogens is 262 g/mol. The highest BCUT2D eigenvalue weighted by Gasteiger charge is 2.20. The number of hydrogen-bond acceptors (Lipinski definition) is 5. The summed E-state index contributed by atoms with van der Waals surface area (Å²) in [6, 6.07) is 5.67. The maximum absolute atomic E-state index is 9.12. The van der Waals surface area contributed by atoms with Gasteiger partial charge < -0.3 is 5.73 Å². The third kappa shape index (κ3) is 1.92. The highest BCUT2D eigenvalue weighted by Crippen LogP contribution is 2.26. The van der Waals surface area contributed by atoms with E-state index in [4.69, 9.17) is 15.9 Å². The summed E-state index contributed by atoms with van der Waals surface area (Å²) in [5, 5.41) is 11.0. The number of halogens is 1. The van der Waals surface area contributed by atoms with E-state index in [1.807, 2.05) is 25.1 Å². The summed E-state index contributed by atoms with van der Waals surface area (Å²) in [5.41, 5.74) is 7.32. The predicted octanol–water partition coefficient (Wildman–Crippen LogP) is 1.87. The Morgan fingerprint density at radius 3 is 2.73 bits per heavy atom. The van der Waals surface area contributed by atoms with Crippen LogP contribution in [0.4, 0.5) is 5.69 Å². The van der Waals surface area contributed by atoms with E-state index >= 15 is 0 Å². The van der Waals surface area contributed by atoms with E-state index in [0.29, 0.717) is 5.23 Å². The number of aryl methyl sites for hydroxylation is 1. The van der Waals surface area contributed by atoms with Gasteiger partial charge in [-0.3, -0.25) is 5.21 Å². The molecule has 0 saturated heterocycles. The predicted molar refractivity (Wildman–Crippen MR) is 58.3 cm³/mol. The molecule has 1 aliphatic rings. The van der Waals surface area contributed by atoms with Gasteiger partial charge in [0, 0.05) is 4.47 Å². The van der Waals surface area contributed by atoms with Crippen LogP contribution in [0.1, 0.15) is 5.56 Å². The molecule has 0 spiro atoms. The second kappa shape index (κ2) is 3.73. The fourth-order valence-corrected chi connectivity index (χ4v) is 1.53. The van der Waals surface area contributed by atoms with Gasteiger partial charge >= 0.3 is 0 Å². The van der Waals surface area contributed by atoms with Crippen molar-refractivity contribution in [3.05, 3.63) is 40.3 Å². The Bertz CT molecular complexity index is 422. The zero-order valence-corrected chi connectivity index (χ0v) is 9.60. The Hall–Kier alpha value is -1.24. The van der Waals surface area contributed by atoms with Gasteiger partial charge in [0.25, 0.3) is 0 Å². The van der Waals surface area contributed by atoms with E-state index in [0.717, 1.165) is 15.7 Å². The molecule has 0 bridgehead atoms. The Morgan fingerprint density at radius 2 is 2.20 bits per heavy atom. The highest BCUT2D eigenvalue weighted by molar-refractivity contribution is 9.10. The van der Waals surface area contributed by atoms with Crippen molar-refractivity contribution in [3.8, 4) is 0 Å². The van der Waals surface area contributed by atoms with Crippen LogP contribution in [0.3, 0.4) is 0 Å². The number of hydroxylamine groups is 3. The quantitative estimate of drug-likeness (QED) is 0.817. The molecule has 5 nitrogen and oxygen atoms in total.